The van der Waals surface area contributed by atoms with Crippen LogP contribution in [0.15, 0.2) is 28.7 Å². The SMILES string of the molecule is C[C@H]1C[C@@H](C(=O)NCC(C)(C)c2ccc(Br)cc2)CCN1. The molecule has 116 valence electrons. The van der Waals surface area contributed by atoms with Crippen molar-refractivity contribution in [1.82, 2.24) is 10.6 Å². The number of amides is 1. The summed E-state index contributed by atoms with van der Waals surface area (Å²) < 4.78 is 1.08. The molecule has 1 fully saturated rings. The van der Waals surface area contributed by atoms with Crippen LogP contribution in [0.5, 0.6) is 0 Å². The highest BCUT2D eigenvalue weighted by molar-refractivity contribution is 9.10. The fraction of sp³-hybridized carbons (Fsp3) is 0.588. The van der Waals surface area contributed by atoms with Crippen molar-refractivity contribution in [2.45, 2.75) is 45.1 Å². The Kier molecular flexibility index (Phi) is 5.44. The van der Waals surface area contributed by atoms with Crippen molar-refractivity contribution < 1.29 is 4.79 Å². The van der Waals surface area contributed by atoms with Gasteiger partial charge < -0.3 is 10.6 Å². The van der Waals surface area contributed by atoms with E-state index < -0.39 is 0 Å². The molecule has 21 heavy (non-hydrogen) atoms. The van der Waals surface area contributed by atoms with Gasteiger partial charge in [0.05, 0.1) is 0 Å². The summed E-state index contributed by atoms with van der Waals surface area (Å²) in [5.41, 5.74) is 1.18. The Morgan fingerprint density at radius 1 is 1.38 bits per heavy atom. The number of benzene rings is 1. The van der Waals surface area contributed by atoms with Crippen LogP contribution in [0.1, 0.15) is 39.2 Å². The number of hydrogen-bond acceptors (Lipinski definition) is 2. The zero-order chi connectivity index (χ0) is 15.5. The van der Waals surface area contributed by atoms with Crippen LogP contribution >= 0.6 is 15.9 Å². The summed E-state index contributed by atoms with van der Waals surface area (Å²) in [7, 11) is 0. The Morgan fingerprint density at radius 3 is 2.67 bits per heavy atom. The van der Waals surface area contributed by atoms with Gasteiger partial charge >= 0.3 is 0 Å². The van der Waals surface area contributed by atoms with Crippen molar-refractivity contribution in [1.29, 1.82) is 0 Å². The van der Waals surface area contributed by atoms with Crippen molar-refractivity contribution in [3.8, 4) is 0 Å². The van der Waals surface area contributed by atoms with Gasteiger partial charge in [-0.05, 0) is 44.0 Å². The summed E-state index contributed by atoms with van der Waals surface area (Å²) in [4.78, 5) is 12.3. The van der Waals surface area contributed by atoms with Crippen molar-refractivity contribution in [3.63, 3.8) is 0 Å². The second kappa shape index (κ2) is 6.93. The molecule has 1 aromatic carbocycles. The molecule has 0 saturated carbocycles. The number of hydrogen-bond donors (Lipinski definition) is 2. The van der Waals surface area contributed by atoms with E-state index in [0.717, 1.165) is 23.9 Å². The Hall–Kier alpha value is -0.870. The lowest BCUT2D eigenvalue weighted by Gasteiger charge is -2.30. The lowest BCUT2D eigenvalue weighted by Crippen LogP contribution is -2.45. The molecule has 0 aromatic heterocycles. The highest BCUT2D eigenvalue weighted by atomic mass is 79.9. The third-order valence-corrected chi connectivity index (χ3v) is 4.85. The molecule has 1 aliphatic rings. The summed E-state index contributed by atoms with van der Waals surface area (Å²) in [6, 6.07) is 8.76. The van der Waals surface area contributed by atoms with E-state index in [0.29, 0.717) is 12.6 Å². The van der Waals surface area contributed by atoms with Crippen LogP contribution in [0.2, 0.25) is 0 Å². The van der Waals surface area contributed by atoms with Crippen molar-refractivity contribution >= 4 is 21.8 Å². The minimum Gasteiger partial charge on any atom is -0.355 e. The lowest BCUT2D eigenvalue weighted by molar-refractivity contribution is -0.126. The van der Waals surface area contributed by atoms with E-state index in [9.17, 15) is 4.79 Å². The molecule has 0 radical (unpaired) electrons. The molecule has 0 unspecified atom stereocenters. The van der Waals surface area contributed by atoms with Crippen LogP contribution in [0.25, 0.3) is 0 Å². The summed E-state index contributed by atoms with van der Waals surface area (Å²) in [5, 5.41) is 6.53. The van der Waals surface area contributed by atoms with E-state index in [4.69, 9.17) is 0 Å². The van der Waals surface area contributed by atoms with Gasteiger partial charge in [-0.1, -0.05) is 41.9 Å². The van der Waals surface area contributed by atoms with E-state index in [2.05, 4.69) is 59.5 Å². The number of piperidine rings is 1. The average Bonchev–Trinajstić information content (AvgIpc) is 2.45. The number of halogens is 1. The first-order chi connectivity index (χ1) is 9.88. The molecule has 2 rings (SSSR count). The van der Waals surface area contributed by atoms with E-state index in [1.54, 1.807) is 0 Å². The number of nitrogens with one attached hydrogen (secondary N) is 2. The number of carbonyl (C=O) groups is 1. The summed E-state index contributed by atoms with van der Waals surface area (Å²) in [6.07, 6.45) is 1.87. The molecule has 0 spiro atoms. The van der Waals surface area contributed by atoms with E-state index in [-0.39, 0.29) is 17.2 Å². The minimum atomic E-state index is -0.0606. The highest BCUT2D eigenvalue weighted by Crippen LogP contribution is 2.24. The first-order valence-electron chi connectivity index (χ1n) is 7.65. The molecule has 0 bridgehead atoms. The van der Waals surface area contributed by atoms with Crippen LogP contribution in [0.4, 0.5) is 0 Å². The molecule has 1 heterocycles. The highest BCUT2D eigenvalue weighted by Gasteiger charge is 2.27. The lowest BCUT2D eigenvalue weighted by atomic mass is 9.84. The van der Waals surface area contributed by atoms with Crippen LogP contribution in [0.3, 0.4) is 0 Å². The summed E-state index contributed by atoms with van der Waals surface area (Å²) >= 11 is 3.46. The van der Waals surface area contributed by atoms with E-state index in [1.807, 2.05) is 12.1 Å². The fourth-order valence-electron chi connectivity index (χ4n) is 2.83. The Labute approximate surface area is 136 Å². The first kappa shape index (κ1) is 16.5. The molecule has 0 aliphatic carbocycles. The van der Waals surface area contributed by atoms with Gasteiger partial charge in [-0.2, -0.15) is 0 Å². The third-order valence-electron chi connectivity index (χ3n) is 4.32. The molecule has 2 atom stereocenters. The predicted molar refractivity (Wildman–Crippen MR) is 90.4 cm³/mol. The Balaban J connectivity index is 1.91. The second-order valence-corrected chi connectivity index (χ2v) is 7.60. The van der Waals surface area contributed by atoms with Gasteiger partial charge in [-0.3, -0.25) is 4.79 Å². The fourth-order valence-corrected chi connectivity index (χ4v) is 3.09. The monoisotopic (exact) mass is 352 g/mol. The Bertz CT molecular complexity index is 484. The minimum absolute atomic E-state index is 0.0606. The van der Waals surface area contributed by atoms with Crippen LogP contribution < -0.4 is 10.6 Å². The zero-order valence-corrected chi connectivity index (χ0v) is 14.7. The van der Waals surface area contributed by atoms with Crippen molar-refractivity contribution in [3.05, 3.63) is 34.3 Å². The van der Waals surface area contributed by atoms with Gasteiger partial charge in [0, 0.05) is 28.4 Å². The van der Waals surface area contributed by atoms with Gasteiger partial charge in [0.2, 0.25) is 5.91 Å². The molecular formula is C17H25BrN2O. The molecule has 1 aliphatic heterocycles. The predicted octanol–water partition coefficient (Wildman–Crippen LogP) is 3.23. The molecule has 2 N–H and O–H groups in total. The average molecular weight is 353 g/mol. The quantitative estimate of drug-likeness (QED) is 0.873. The van der Waals surface area contributed by atoms with Crippen molar-refractivity contribution in [2.24, 2.45) is 5.92 Å². The zero-order valence-electron chi connectivity index (χ0n) is 13.1. The van der Waals surface area contributed by atoms with Gasteiger partial charge in [-0.15, -0.1) is 0 Å². The molecular weight excluding hydrogens is 328 g/mol. The standard InChI is InChI=1S/C17H25BrN2O/c1-12-10-13(8-9-19-12)16(21)20-11-17(2,3)14-4-6-15(18)7-5-14/h4-7,12-13,19H,8-11H2,1-3H3,(H,20,21)/t12-,13-/m0/s1. The van der Waals surface area contributed by atoms with Crippen LogP contribution in [0, 0.1) is 5.92 Å². The Morgan fingerprint density at radius 2 is 2.05 bits per heavy atom. The number of carbonyl (C=O) groups excluding carboxylic acids is 1. The number of rotatable bonds is 4. The first-order valence-corrected chi connectivity index (χ1v) is 8.45. The van der Waals surface area contributed by atoms with Gasteiger partial charge in [0.15, 0.2) is 0 Å². The molecule has 3 nitrogen and oxygen atoms in total. The summed E-state index contributed by atoms with van der Waals surface area (Å²) in [5.74, 6) is 0.357. The second-order valence-electron chi connectivity index (χ2n) is 6.69. The topological polar surface area (TPSA) is 41.1 Å². The molecule has 1 amide bonds. The molecule has 4 heteroatoms. The van der Waals surface area contributed by atoms with Gasteiger partial charge in [-0.25, -0.2) is 0 Å². The van der Waals surface area contributed by atoms with E-state index >= 15 is 0 Å². The van der Waals surface area contributed by atoms with Gasteiger partial charge in [0.1, 0.15) is 0 Å². The maximum Gasteiger partial charge on any atom is 0.223 e. The maximum absolute atomic E-state index is 12.3. The molecule has 1 aromatic rings. The van der Waals surface area contributed by atoms with Crippen molar-refractivity contribution in [2.75, 3.05) is 13.1 Å². The summed E-state index contributed by atoms with van der Waals surface area (Å²) in [6.45, 7) is 8.09. The smallest absolute Gasteiger partial charge is 0.223 e. The van der Waals surface area contributed by atoms with Crippen LogP contribution in [-0.2, 0) is 10.2 Å². The normalized spacial score (nSPS) is 22.9. The maximum atomic E-state index is 12.3. The third kappa shape index (κ3) is 4.55. The largest absolute Gasteiger partial charge is 0.355 e. The van der Waals surface area contributed by atoms with Crippen LogP contribution in [-0.4, -0.2) is 25.0 Å². The molecule has 1 saturated heterocycles. The van der Waals surface area contributed by atoms with E-state index in [1.165, 1.54) is 5.56 Å². The van der Waals surface area contributed by atoms with Gasteiger partial charge in [0.25, 0.3) is 0 Å².